The minimum absolute atomic E-state index is 0.781. The highest BCUT2D eigenvalue weighted by molar-refractivity contribution is 5.45. The first-order chi connectivity index (χ1) is 9.20. The van der Waals surface area contributed by atoms with Gasteiger partial charge in [0.15, 0.2) is 0 Å². The van der Waals surface area contributed by atoms with E-state index in [9.17, 15) is 0 Å². The SMILES string of the molecule is CCCCCC1CCC(c2ccc(N)cc2C)CC1. The van der Waals surface area contributed by atoms with Gasteiger partial charge in [0.05, 0.1) is 0 Å². The lowest BCUT2D eigenvalue weighted by Crippen LogP contribution is -2.14. The van der Waals surface area contributed by atoms with Crippen LogP contribution in [0.3, 0.4) is 0 Å². The Kier molecular flexibility index (Phi) is 5.30. The van der Waals surface area contributed by atoms with E-state index in [1.54, 1.807) is 5.56 Å². The van der Waals surface area contributed by atoms with Crippen LogP contribution in [-0.4, -0.2) is 0 Å². The zero-order chi connectivity index (χ0) is 13.7. The van der Waals surface area contributed by atoms with Crippen LogP contribution in [0.4, 0.5) is 5.69 Å². The smallest absolute Gasteiger partial charge is 0.0316 e. The highest BCUT2D eigenvalue weighted by Gasteiger charge is 2.22. The third-order valence-corrected chi connectivity index (χ3v) is 4.80. The van der Waals surface area contributed by atoms with Crippen molar-refractivity contribution in [1.82, 2.24) is 0 Å². The molecule has 0 spiro atoms. The Hall–Kier alpha value is -0.980. The van der Waals surface area contributed by atoms with E-state index >= 15 is 0 Å². The Balaban J connectivity index is 1.85. The third kappa shape index (κ3) is 3.99. The van der Waals surface area contributed by atoms with Gasteiger partial charge in [-0.25, -0.2) is 0 Å². The van der Waals surface area contributed by atoms with Crippen LogP contribution < -0.4 is 5.73 Å². The molecule has 1 aromatic rings. The fraction of sp³-hybridized carbons (Fsp3) is 0.667. The van der Waals surface area contributed by atoms with Crippen LogP contribution in [0.15, 0.2) is 18.2 Å². The van der Waals surface area contributed by atoms with Crippen LogP contribution in [-0.2, 0) is 0 Å². The summed E-state index contributed by atoms with van der Waals surface area (Å²) in [7, 11) is 0. The number of nitrogen functional groups attached to an aromatic ring is 1. The quantitative estimate of drug-likeness (QED) is 0.553. The molecule has 0 saturated heterocycles. The molecule has 0 atom stereocenters. The van der Waals surface area contributed by atoms with Gasteiger partial charge >= 0.3 is 0 Å². The first kappa shape index (κ1) is 14.4. The highest BCUT2D eigenvalue weighted by atomic mass is 14.5. The Labute approximate surface area is 118 Å². The number of anilines is 1. The minimum Gasteiger partial charge on any atom is -0.399 e. The Morgan fingerprint density at radius 3 is 2.47 bits per heavy atom. The van der Waals surface area contributed by atoms with Crippen molar-refractivity contribution in [2.24, 2.45) is 5.92 Å². The lowest BCUT2D eigenvalue weighted by atomic mass is 9.76. The second-order valence-corrected chi connectivity index (χ2v) is 6.33. The largest absolute Gasteiger partial charge is 0.399 e. The molecule has 0 heterocycles. The summed E-state index contributed by atoms with van der Waals surface area (Å²) in [4.78, 5) is 0. The zero-order valence-electron chi connectivity index (χ0n) is 12.6. The Morgan fingerprint density at radius 1 is 1.11 bits per heavy atom. The Bertz CT molecular complexity index is 389. The summed E-state index contributed by atoms with van der Waals surface area (Å²) in [5, 5.41) is 0. The van der Waals surface area contributed by atoms with E-state index in [4.69, 9.17) is 5.73 Å². The molecule has 0 bridgehead atoms. The summed E-state index contributed by atoms with van der Waals surface area (Å²) in [5.74, 6) is 1.78. The van der Waals surface area contributed by atoms with Crippen molar-refractivity contribution in [2.75, 3.05) is 5.73 Å². The molecule has 1 fully saturated rings. The summed E-state index contributed by atoms with van der Waals surface area (Å²) in [5.41, 5.74) is 9.67. The average Bonchev–Trinajstić information content (AvgIpc) is 2.40. The fourth-order valence-corrected chi connectivity index (χ4v) is 3.60. The molecule has 1 heteroatoms. The average molecular weight is 259 g/mol. The molecule has 1 aromatic carbocycles. The van der Waals surface area contributed by atoms with Crippen molar-refractivity contribution >= 4 is 5.69 Å². The van der Waals surface area contributed by atoms with E-state index in [0.717, 1.165) is 17.5 Å². The molecule has 19 heavy (non-hydrogen) atoms. The highest BCUT2D eigenvalue weighted by Crippen LogP contribution is 2.39. The van der Waals surface area contributed by atoms with Crippen molar-refractivity contribution in [3.63, 3.8) is 0 Å². The van der Waals surface area contributed by atoms with Crippen molar-refractivity contribution in [2.45, 2.75) is 71.1 Å². The van der Waals surface area contributed by atoms with E-state index in [1.807, 2.05) is 0 Å². The van der Waals surface area contributed by atoms with E-state index in [-0.39, 0.29) is 0 Å². The molecule has 1 aliphatic carbocycles. The number of unbranched alkanes of at least 4 members (excludes halogenated alkanes) is 2. The lowest BCUT2D eigenvalue weighted by Gasteiger charge is -2.29. The Morgan fingerprint density at radius 2 is 1.84 bits per heavy atom. The summed E-state index contributed by atoms with van der Waals surface area (Å²) in [6.45, 7) is 4.50. The number of hydrogen-bond donors (Lipinski definition) is 1. The third-order valence-electron chi connectivity index (χ3n) is 4.80. The molecule has 106 valence electrons. The maximum absolute atomic E-state index is 5.85. The molecule has 0 unspecified atom stereocenters. The summed E-state index contributed by atoms with van der Waals surface area (Å²) >= 11 is 0. The topological polar surface area (TPSA) is 26.0 Å². The van der Waals surface area contributed by atoms with Gasteiger partial charge in [-0.05, 0) is 67.7 Å². The number of benzene rings is 1. The number of nitrogens with two attached hydrogens (primary N) is 1. The van der Waals surface area contributed by atoms with Crippen LogP contribution in [0.5, 0.6) is 0 Å². The number of hydrogen-bond acceptors (Lipinski definition) is 1. The van der Waals surface area contributed by atoms with E-state index in [2.05, 4.69) is 32.0 Å². The normalized spacial score (nSPS) is 23.5. The number of aryl methyl sites for hydroxylation is 1. The molecule has 1 saturated carbocycles. The predicted octanol–water partition coefficient (Wildman–Crippen LogP) is 5.43. The molecule has 0 aliphatic heterocycles. The molecular weight excluding hydrogens is 230 g/mol. The molecule has 1 aliphatic rings. The molecule has 2 N–H and O–H groups in total. The van der Waals surface area contributed by atoms with Crippen LogP contribution in [0.2, 0.25) is 0 Å². The van der Waals surface area contributed by atoms with Crippen LogP contribution in [0, 0.1) is 12.8 Å². The summed E-state index contributed by atoms with van der Waals surface area (Å²) in [6, 6.07) is 6.45. The predicted molar refractivity (Wildman–Crippen MR) is 84.4 cm³/mol. The van der Waals surface area contributed by atoms with Gasteiger partial charge in [0.2, 0.25) is 0 Å². The zero-order valence-corrected chi connectivity index (χ0v) is 12.6. The monoisotopic (exact) mass is 259 g/mol. The molecule has 2 rings (SSSR count). The van der Waals surface area contributed by atoms with Crippen LogP contribution >= 0.6 is 0 Å². The minimum atomic E-state index is 0.781. The first-order valence-electron chi connectivity index (χ1n) is 8.06. The van der Waals surface area contributed by atoms with Gasteiger partial charge in [-0.3, -0.25) is 0 Å². The molecular formula is C18H29N. The van der Waals surface area contributed by atoms with Gasteiger partial charge in [0, 0.05) is 5.69 Å². The maximum Gasteiger partial charge on any atom is 0.0316 e. The van der Waals surface area contributed by atoms with Crippen molar-refractivity contribution < 1.29 is 0 Å². The van der Waals surface area contributed by atoms with Crippen molar-refractivity contribution in [1.29, 1.82) is 0 Å². The van der Waals surface area contributed by atoms with Gasteiger partial charge in [-0.15, -0.1) is 0 Å². The van der Waals surface area contributed by atoms with Crippen LogP contribution in [0.25, 0.3) is 0 Å². The first-order valence-corrected chi connectivity index (χ1v) is 8.06. The van der Waals surface area contributed by atoms with Gasteiger partial charge in [-0.2, -0.15) is 0 Å². The second kappa shape index (κ2) is 6.98. The van der Waals surface area contributed by atoms with E-state index < -0.39 is 0 Å². The fourth-order valence-electron chi connectivity index (χ4n) is 3.60. The standard InChI is InChI=1S/C18H29N/c1-3-4-5-6-15-7-9-16(10-8-15)18-12-11-17(19)13-14(18)2/h11-13,15-16H,3-10,19H2,1-2H3. The van der Waals surface area contributed by atoms with Gasteiger partial charge in [0.1, 0.15) is 0 Å². The number of rotatable bonds is 5. The van der Waals surface area contributed by atoms with Gasteiger partial charge < -0.3 is 5.73 Å². The molecule has 0 aromatic heterocycles. The van der Waals surface area contributed by atoms with E-state index in [1.165, 1.54) is 56.9 Å². The summed E-state index contributed by atoms with van der Waals surface area (Å²) < 4.78 is 0. The van der Waals surface area contributed by atoms with Gasteiger partial charge in [-0.1, -0.05) is 38.7 Å². The lowest BCUT2D eigenvalue weighted by molar-refractivity contribution is 0.302. The summed E-state index contributed by atoms with van der Waals surface area (Å²) in [6.07, 6.45) is 11.3. The van der Waals surface area contributed by atoms with Crippen molar-refractivity contribution in [3.8, 4) is 0 Å². The molecule has 0 amide bonds. The molecule has 0 radical (unpaired) electrons. The van der Waals surface area contributed by atoms with Crippen molar-refractivity contribution in [3.05, 3.63) is 29.3 Å². The second-order valence-electron chi connectivity index (χ2n) is 6.33. The van der Waals surface area contributed by atoms with Crippen LogP contribution in [0.1, 0.15) is 75.3 Å². The van der Waals surface area contributed by atoms with E-state index in [0.29, 0.717) is 0 Å². The maximum atomic E-state index is 5.85. The van der Waals surface area contributed by atoms with Gasteiger partial charge in [0.25, 0.3) is 0 Å². The molecule has 1 nitrogen and oxygen atoms in total.